The topological polar surface area (TPSA) is 32.3 Å². The van der Waals surface area contributed by atoms with Gasteiger partial charge in [-0.3, -0.25) is 0 Å². The number of amides is 2. The number of hydrogen-bond donors (Lipinski definition) is 1. The van der Waals surface area contributed by atoms with Crippen LogP contribution < -0.4 is 5.32 Å². The van der Waals surface area contributed by atoms with Crippen molar-refractivity contribution in [3.05, 3.63) is 7.05 Å². The smallest absolute Gasteiger partial charge is 0.317 e. The van der Waals surface area contributed by atoms with Crippen LogP contribution >= 0.6 is 11.6 Å². The van der Waals surface area contributed by atoms with E-state index in [-0.39, 0.29) is 6.03 Å². The van der Waals surface area contributed by atoms with Crippen LogP contribution in [0, 0.1) is 7.05 Å². The monoisotopic (exact) mass is 149 g/mol. The molecule has 0 aromatic heterocycles. The van der Waals surface area contributed by atoms with Gasteiger partial charge in [0.15, 0.2) is 0 Å². The summed E-state index contributed by atoms with van der Waals surface area (Å²) in [7, 11) is 4.94. The summed E-state index contributed by atoms with van der Waals surface area (Å²) in [5, 5.41) is 2.52. The molecule has 0 fully saturated rings. The van der Waals surface area contributed by atoms with Crippen molar-refractivity contribution in [2.24, 2.45) is 0 Å². The zero-order valence-corrected chi connectivity index (χ0v) is 6.11. The van der Waals surface area contributed by atoms with Crippen LogP contribution in [0.15, 0.2) is 0 Å². The molecule has 0 aromatic rings. The second-order valence-electron chi connectivity index (χ2n) is 1.62. The highest BCUT2D eigenvalue weighted by Gasteiger charge is 1.98. The van der Waals surface area contributed by atoms with Gasteiger partial charge in [-0.1, -0.05) is 0 Å². The number of carbonyl (C=O) groups excluding carboxylic acids is 1. The Labute approximate surface area is 60.0 Å². The van der Waals surface area contributed by atoms with E-state index in [1.807, 2.05) is 0 Å². The summed E-state index contributed by atoms with van der Waals surface area (Å²) in [4.78, 5) is 11.8. The molecule has 1 radical (unpaired) electrons. The predicted octanol–water partition coefficient (Wildman–Crippen LogP) is 0.658. The summed E-state index contributed by atoms with van der Waals surface area (Å²) in [6.07, 6.45) is 0. The number of alkyl halides is 1. The maximum atomic E-state index is 10.6. The third-order valence-electron chi connectivity index (χ3n) is 0.717. The number of nitrogens with one attached hydrogen (secondary N) is 1. The number of nitrogens with zero attached hydrogens (tertiary/aromatic N) is 1. The zero-order valence-electron chi connectivity index (χ0n) is 5.35. The van der Waals surface area contributed by atoms with Crippen LogP contribution in [0.1, 0.15) is 0 Å². The first kappa shape index (κ1) is 8.56. The lowest BCUT2D eigenvalue weighted by molar-refractivity contribution is 0.222. The Balaban J connectivity index is 3.28. The molecule has 9 heavy (non-hydrogen) atoms. The zero-order chi connectivity index (χ0) is 7.28. The van der Waals surface area contributed by atoms with Gasteiger partial charge in [0.1, 0.15) is 0 Å². The molecule has 0 rings (SSSR count). The van der Waals surface area contributed by atoms with E-state index in [0.717, 1.165) is 0 Å². The predicted molar refractivity (Wildman–Crippen MR) is 37.2 cm³/mol. The van der Waals surface area contributed by atoms with Crippen LogP contribution in [0.5, 0.6) is 0 Å². The molecule has 0 aliphatic heterocycles. The van der Waals surface area contributed by atoms with Crippen molar-refractivity contribution in [3.8, 4) is 0 Å². The summed E-state index contributed by atoms with van der Waals surface area (Å²) < 4.78 is 0. The highest BCUT2D eigenvalue weighted by Crippen LogP contribution is 1.78. The standard InChI is InChI=1S/C5H10ClN2O/c1-8(2)5(9)7-4-3-6/h1,3-4H2,2H3,(H,7,9). The van der Waals surface area contributed by atoms with E-state index in [9.17, 15) is 4.79 Å². The molecule has 4 heteroatoms. The van der Waals surface area contributed by atoms with Crippen molar-refractivity contribution < 1.29 is 4.79 Å². The lowest BCUT2D eigenvalue weighted by atomic mass is 10.7. The minimum Gasteiger partial charge on any atom is -0.337 e. The second-order valence-corrected chi connectivity index (χ2v) is 2.00. The lowest BCUT2D eigenvalue weighted by Gasteiger charge is -2.09. The molecular formula is C5H10ClN2O. The van der Waals surface area contributed by atoms with Crippen LogP contribution in [0.25, 0.3) is 0 Å². The van der Waals surface area contributed by atoms with Crippen molar-refractivity contribution in [1.29, 1.82) is 0 Å². The van der Waals surface area contributed by atoms with E-state index >= 15 is 0 Å². The van der Waals surface area contributed by atoms with Crippen LogP contribution in [0.2, 0.25) is 0 Å². The Morgan fingerprint density at radius 1 is 1.89 bits per heavy atom. The van der Waals surface area contributed by atoms with E-state index < -0.39 is 0 Å². The van der Waals surface area contributed by atoms with Gasteiger partial charge >= 0.3 is 6.03 Å². The molecule has 0 aliphatic carbocycles. The van der Waals surface area contributed by atoms with Crippen LogP contribution in [-0.2, 0) is 0 Å². The third-order valence-corrected chi connectivity index (χ3v) is 0.906. The van der Waals surface area contributed by atoms with Gasteiger partial charge in [0.25, 0.3) is 0 Å². The SMILES string of the molecule is [CH2]N(C)C(=O)NCCCl. The quantitative estimate of drug-likeness (QED) is 0.575. The molecule has 2 amide bonds. The molecule has 0 unspecified atom stereocenters. The molecule has 3 nitrogen and oxygen atoms in total. The maximum absolute atomic E-state index is 10.6. The fourth-order valence-electron chi connectivity index (χ4n) is 0.289. The average Bonchev–Trinajstić information content (AvgIpc) is 1.82. The van der Waals surface area contributed by atoms with Gasteiger partial charge in [0, 0.05) is 26.5 Å². The summed E-state index contributed by atoms with van der Waals surface area (Å²) in [5.41, 5.74) is 0. The van der Waals surface area contributed by atoms with Gasteiger partial charge in [-0.15, -0.1) is 11.6 Å². The van der Waals surface area contributed by atoms with Gasteiger partial charge in [0.2, 0.25) is 0 Å². The lowest BCUT2D eigenvalue weighted by Crippen LogP contribution is -2.34. The molecule has 0 heterocycles. The van der Waals surface area contributed by atoms with Gasteiger partial charge in [-0.05, 0) is 0 Å². The number of carbonyl (C=O) groups is 1. The largest absolute Gasteiger partial charge is 0.337 e. The van der Waals surface area contributed by atoms with Crippen molar-refractivity contribution in [2.75, 3.05) is 19.5 Å². The van der Waals surface area contributed by atoms with E-state index in [4.69, 9.17) is 11.6 Å². The minimum atomic E-state index is -0.212. The Kier molecular flexibility index (Phi) is 4.22. The van der Waals surface area contributed by atoms with Gasteiger partial charge < -0.3 is 10.2 Å². The molecule has 0 atom stereocenters. The fraction of sp³-hybridized carbons (Fsp3) is 0.600. The van der Waals surface area contributed by atoms with E-state index in [1.54, 1.807) is 7.05 Å². The van der Waals surface area contributed by atoms with E-state index in [0.29, 0.717) is 12.4 Å². The number of rotatable bonds is 2. The molecule has 0 aliphatic rings. The molecule has 0 saturated carbocycles. The van der Waals surface area contributed by atoms with Crippen LogP contribution in [0.3, 0.4) is 0 Å². The first-order chi connectivity index (χ1) is 4.18. The van der Waals surface area contributed by atoms with Crippen molar-refractivity contribution in [1.82, 2.24) is 10.2 Å². The van der Waals surface area contributed by atoms with Gasteiger partial charge in [0.05, 0.1) is 0 Å². The van der Waals surface area contributed by atoms with E-state index in [1.165, 1.54) is 4.90 Å². The summed E-state index contributed by atoms with van der Waals surface area (Å²) >= 11 is 5.30. The van der Waals surface area contributed by atoms with Gasteiger partial charge in [-0.25, -0.2) is 4.79 Å². The Bertz CT molecular complexity index is 95.0. The molecule has 0 aromatic carbocycles. The molecule has 1 N–H and O–H groups in total. The maximum Gasteiger partial charge on any atom is 0.317 e. The van der Waals surface area contributed by atoms with Crippen LogP contribution in [0.4, 0.5) is 4.79 Å². The summed E-state index contributed by atoms with van der Waals surface area (Å²) in [6.45, 7) is 0.486. The fourth-order valence-corrected chi connectivity index (χ4v) is 0.384. The highest BCUT2D eigenvalue weighted by molar-refractivity contribution is 6.18. The molecule has 0 saturated heterocycles. The van der Waals surface area contributed by atoms with Crippen LogP contribution in [-0.4, -0.2) is 30.4 Å². The van der Waals surface area contributed by atoms with Crippen molar-refractivity contribution in [3.63, 3.8) is 0 Å². The molecule has 0 bridgehead atoms. The Hall–Kier alpha value is -0.440. The minimum absolute atomic E-state index is 0.212. The second kappa shape index (κ2) is 4.44. The Morgan fingerprint density at radius 3 is 2.78 bits per heavy atom. The molecular weight excluding hydrogens is 140 g/mol. The van der Waals surface area contributed by atoms with E-state index in [2.05, 4.69) is 12.4 Å². The normalized spacial score (nSPS) is 8.78. The first-order valence-electron chi connectivity index (χ1n) is 2.56. The third kappa shape index (κ3) is 4.09. The van der Waals surface area contributed by atoms with Crippen molar-refractivity contribution in [2.45, 2.75) is 0 Å². The molecule has 53 valence electrons. The Morgan fingerprint density at radius 2 is 2.44 bits per heavy atom. The number of hydrogen-bond acceptors (Lipinski definition) is 1. The van der Waals surface area contributed by atoms with Gasteiger partial charge in [-0.2, -0.15) is 0 Å². The highest BCUT2D eigenvalue weighted by atomic mass is 35.5. The summed E-state index contributed by atoms with van der Waals surface area (Å²) in [5.74, 6) is 0.430. The number of halogens is 1. The van der Waals surface area contributed by atoms with Crippen molar-refractivity contribution >= 4 is 17.6 Å². The molecule has 0 spiro atoms. The summed E-state index contributed by atoms with van der Waals surface area (Å²) in [6, 6.07) is -0.212. The average molecular weight is 150 g/mol. The first-order valence-corrected chi connectivity index (χ1v) is 3.10. The number of urea groups is 1.